The van der Waals surface area contributed by atoms with Crippen LogP contribution in [0.4, 0.5) is 11.4 Å². The summed E-state index contributed by atoms with van der Waals surface area (Å²) in [7, 11) is 0. The fourth-order valence-corrected chi connectivity index (χ4v) is 3.44. The van der Waals surface area contributed by atoms with Gasteiger partial charge in [-0.15, -0.1) is 0 Å². The Bertz CT molecular complexity index is 527. The van der Waals surface area contributed by atoms with Crippen molar-refractivity contribution in [1.29, 1.82) is 0 Å². The van der Waals surface area contributed by atoms with E-state index in [0.29, 0.717) is 6.54 Å². The molecule has 3 rings (SSSR count). The fraction of sp³-hybridized carbons (Fsp3) is 0.400. The molecule has 0 aliphatic carbocycles. The summed E-state index contributed by atoms with van der Waals surface area (Å²) >= 11 is 0. The Morgan fingerprint density at radius 3 is 1.87 bits per heavy atom. The molecular weight excluding hydrogens is 284 g/mol. The summed E-state index contributed by atoms with van der Waals surface area (Å²) in [6.07, 6.45) is 3.62. The van der Waals surface area contributed by atoms with Crippen LogP contribution in [0.1, 0.15) is 19.3 Å². The van der Waals surface area contributed by atoms with E-state index in [0.717, 1.165) is 17.9 Å². The molecule has 23 heavy (non-hydrogen) atoms. The van der Waals surface area contributed by atoms with Crippen LogP contribution in [-0.4, -0.2) is 37.4 Å². The maximum Gasteiger partial charge on any atom is 0.121 e. The molecule has 1 saturated heterocycles. The van der Waals surface area contributed by atoms with E-state index in [1.54, 1.807) is 4.90 Å². The van der Waals surface area contributed by atoms with Gasteiger partial charge in [0.15, 0.2) is 0 Å². The molecule has 2 N–H and O–H groups in total. The van der Waals surface area contributed by atoms with Crippen LogP contribution in [0.3, 0.4) is 0 Å². The molecule has 2 aromatic carbocycles. The third-order valence-electron chi connectivity index (χ3n) is 4.61. The van der Waals surface area contributed by atoms with E-state index in [-0.39, 0.29) is 6.10 Å². The third kappa shape index (κ3) is 4.57. The molecule has 0 saturated carbocycles. The van der Waals surface area contributed by atoms with Gasteiger partial charge in [-0.25, -0.2) is 0 Å². The first-order chi connectivity index (χ1) is 11.3. The number of hydrogen-bond acceptors (Lipinski definition) is 2. The number of likely N-dealkylation sites (tertiary alicyclic amines) is 1. The predicted molar refractivity (Wildman–Crippen MR) is 95.3 cm³/mol. The summed E-state index contributed by atoms with van der Waals surface area (Å²) < 4.78 is 0. The van der Waals surface area contributed by atoms with Crippen molar-refractivity contribution in [1.82, 2.24) is 0 Å². The number of nitrogens with zero attached hydrogens (tertiary/aromatic N) is 1. The van der Waals surface area contributed by atoms with E-state index >= 15 is 0 Å². The van der Waals surface area contributed by atoms with Crippen LogP contribution in [0.15, 0.2) is 60.7 Å². The minimum absolute atomic E-state index is 0.316. The Balaban J connectivity index is 1.71. The maximum absolute atomic E-state index is 10.6. The van der Waals surface area contributed by atoms with E-state index < -0.39 is 0 Å². The van der Waals surface area contributed by atoms with Gasteiger partial charge in [-0.05, 0) is 43.5 Å². The van der Waals surface area contributed by atoms with Crippen LogP contribution >= 0.6 is 0 Å². The first-order valence-corrected chi connectivity index (χ1v) is 8.72. The van der Waals surface area contributed by atoms with Crippen molar-refractivity contribution < 1.29 is 10.0 Å². The Morgan fingerprint density at radius 2 is 1.35 bits per heavy atom. The lowest BCUT2D eigenvalue weighted by atomic mass is 10.1. The lowest BCUT2D eigenvalue weighted by Gasteiger charge is -2.30. The summed E-state index contributed by atoms with van der Waals surface area (Å²) in [5.74, 6) is 0. The summed E-state index contributed by atoms with van der Waals surface area (Å²) in [6, 6.07) is 20.7. The van der Waals surface area contributed by atoms with Crippen molar-refractivity contribution in [3.8, 4) is 0 Å². The van der Waals surface area contributed by atoms with Crippen LogP contribution < -0.4 is 9.80 Å². The Hall–Kier alpha value is -1.84. The van der Waals surface area contributed by atoms with Crippen molar-refractivity contribution in [3.05, 3.63) is 60.7 Å². The first-order valence-electron chi connectivity index (χ1n) is 8.72. The van der Waals surface area contributed by atoms with Crippen molar-refractivity contribution in [2.24, 2.45) is 0 Å². The molecule has 0 amide bonds. The highest BCUT2D eigenvalue weighted by Crippen LogP contribution is 2.24. The zero-order chi connectivity index (χ0) is 15.9. The Morgan fingerprint density at radius 1 is 0.826 bits per heavy atom. The summed E-state index contributed by atoms with van der Waals surface area (Å²) in [6.45, 7) is 3.88. The van der Waals surface area contributed by atoms with Gasteiger partial charge in [0, 0.05) is 11.4 Å². The molecule has 0 spiro atoms. The van der Waals surface area contributed by atoms with Crippen molar-refractivity contribution >= 4 is 11.4 Å². The molecule has 0 bridgehead atoms. The first kappa shape index (κ1) is 16.0. The average Bonchev–Trinajstić information content (AvgIpc) is 2.62. The standard InChI is InChI=1S/C20H26N2O/c23-20(16-21-14-8-3-9-15-21)17-22(18-10-4-1-5-11-18)19-12-6-2-7-13-19/h1-2,4-7,10-13,20,23H,3,8-9,14-17H2/p+1/t20-/m1/s1. The molecule has 122 valence electrons. The maximum atomic E-state index is 10.6. The normalized spacial score (nSPS) is 16.9. The number of para-hydroxylation sites is 2. The molecule has 3 heteroatoms. The number of aliphatic hydroxyl groups is 1. The van der Waals surface area contributed by atoms with Gasteiger partial charge in [0.1, 0.15) is 12.6 Å². The third-order valence-corrected chi connectivity index (χ3v) is 4.61. The molecule has 1 heterocycles. The number of aliphatic hydroxyl groups excluding tert-OH is 1. The second-order valence-corrected chi connectivity index (χ2v) is 6.45. The number of rotatable bonds is 6. The molecule has 1 aliphatic rings. The average molecular weight is 311 g/mol. The van der Waals surface area contributed by atoms with Gasteiger partial charge in [0.25, 0.3) is 0 Å². The quantitative estimate of drug-likeness (QED) is 0.856. The monoisotopic (exact) mass is 311 g/mol. The summed E-state index contributed by atoms with van der Waals surface area (Å²) in [5, 5.41) is 10.6. The summed E-state index contributed by atoms with van der Waals surface area (Å²) in [5.41, 5.74) is 2.26. The Kier molecular flexibility index (Phi) is 5.67. The number of nitrogens with one attached hydrogen (secondary N) is 1. The molecule has 1 aliphatic heterocycles. The van der Waals surface area contributed by atoms with Gasteiger partial charge < -0.3 is 14.9 Å². The van der Waals surface area contributed by atoms with Gasteiger partial charge in [-0.3, -0.25) is 0 Å². The second-order valence-electron chi connectivity index (χ2n) is 6.45. The van der Waals surface area contributed by atoms with Crippen LogP contribution in [0.25, 0.3) is 0 Å². The number of benzene rings is 2. The highest BCUT2D eigenvalue weighted by molar-refractivity contribution is 5.62. The highest BCUT2D eigenvalue weighted by Gasteiger charge is 2.21. The molecule has 3 nitrogen and oxygen atoms in total. The van der Waals surface area contributed by atoms with E-state index in [2.05, 4.69) is 29.2 Å². The molecule has 0 aromatic heterocycles. The van der Waals surface area contributed by atoms with Gasteiger partial charge in [-0.1, -0.05) is 36.4 Å². The lowest BCUT2D eigenvalue weighted by molar-refractivity contribution is -0.907. The molecule has 0 radical (unpaired) electrons. The van der Waals surface area contributed by atoms with Gasteiger partial charge >= 0.3 is 0 Å². The smallest absolute Gasteiger partial charge is 0.121 e. The lowest BCUT2D eigenvalue weighted by Crippen LogP contribution is -3.14. The Labute approximate surface area is 139 Å². The number of quaternary nitrogens is 1. The zero-order valence-corrected chi connectivity index (χ0v) is 13.7. The van der Waals surface area contributed by atoms with E-state index in [1.807, 2.05) is 36.4 Å². The highest BCUT2D eigenvalue weighted by atomic mass is 16.3. The van der Waals surface area contributed by atoms with Crippen molar-refractivity contribution in [3.63, 3.8) is 0 Å². The number of piperidine rings is 1. The summed E-state index contributed by atoms with van der Waals surface area (Å²) in [4.78, 5) is 3.76. The van der Waals surface area contributed by atoms with Gasteiger partial charge in [0.05, 0.1) is 19.6 Å². The molecule has 1 fully saturated rings. The number of hydrogen-bond donors (Lipinski definition) is 2. The second kappa shape index (κ2) is 8.14. The van der Waals surface area contributed by atoms with Crippen molar-refractivity contribution in [2.75, 3.05) is 31.1 Å². The molecular formula is C20H27N2O+. The predicted octanol–water partition coefficient (Wildman–Crippen LogP) is 2.25. The van der Waals surface area contributed by atoms with Crippen LogP contribution in [0, 0.1) is 0 Å². The minimum atomic E-state index is -0.316. The van der Waals surface area contributed by atoms with E-state index in [4.69, 9.17) is 0 Å². The topological polar surface area (TPSA) is 27.9 Å². The van der Waals surface area contributed by atoms with Crippen LogP contribution in [0.5, 0.6) is 0 Å². The number of anilines is 2. The van der Waals surface area contributed by atoms with Crippen molar-refractivity contribution in [2.45, 2.75) is 25.4 Å². The fourth-order valence-electron chi connectivity index (χ4n) is 3.44. The van der Waals surface area contributed by atoms with Gasteiger partial charge in [-0.2, -0.15) is 0 Å². The molecule has 1 atom stereocenters. The zero-order valence-electron chi connectivity index (χ0n) is 13.7. The van der Waals surface area contributed by atoms with Gasteiger partial charge in [0.2, 0.25) is 0 Å². The van der Waals surface area contributed by atoms with Crippen LogP contribution in [0.2, 0.25) is 0 Å². The SMILES string of the molecule is O[C@@H](CN(c1ccccc1)c1ccccc1)C[NH+]1CCCCC1. The minimum Gasteiger partial charge on any atom is -0.385 e. The molecule has 2 aromatic rings. The van der Waals surface area contributed by atoms with E-state index in [9.17, 15) is 5.11 Å². The largest absolute Gasteiger partial charge is 0.385 e. The van der Waals surface area contributed by atoms with E-state index in [1.165, 1.54) is 32.4 Å². The molecule has 0 unspecified atom stereocenters. The van der Waals surface area contributed by atoms with Crippen LogP contribution in [-0.2, 0) is 0 Å².